The molecule has 0 saturated carbocycles. The number of methoxy groups -OCH3 is 2. The average molecular weight is 376 g/mol. The van der Waals surface area contributed by atoms with E-state index in [9.17, 15) is 9.59 Å². The summed E-state index contributed by atoms with van der Waals surface area (Å²) in [5.74, 6) is 2.44. The molecule has 0 aromatic heterocycles. The maximum atomic E-state index is 12.3. The maximum Gasteiger partial charge on any atom is 0.223 e. The normalized spacial score (nSPS) is 19.5. The van der Waals surface area contributed by atoms with Crippen LogP contribution in [0.15, 0.2) is 18.2 Å². The van der Waals surface area contributed by atoms with Crippen LogP contribution in [0.1, 0.15) is 38.7 Å². The average Bonchev–Trinajstić information content (AvgIpc) is 2.65. The van der Waals surface area contributed by atoms with E-state index >= 15 is 0 Å². The van der Waals surface area contributed by atoms with Crippen LogP contribution in [0.2, 0.25) is 0 Å². The van der Waals surface area contributed by atoms with E-state index in [-0.39, 0.29) is 24.7 Å². The summed E-state index contributed by atoms with van der Waals surface area (Å²) in [7, 11) is 3.20. The highest BCUT2D eigenvalue weighted by Crippen LogP contribution is 2.27. The number of ether oxygens (including phenoxy) is 2. The minimum atomic E-state index is -0.0815. The topological polar surface area (TPSA) is 67.9 Å². The Bertz CT molecular complexity index is 637. The smallest absolute Gasteiger partial charge is 0.223 e. The van der Waals surface area contributed by atoms with Crippen molar-refractivity contribution in [3.8, 4) is 11.5 Å². The molecule has 1 N–H and O–H groups in total. The first kappa shape index (κ1) is 21.1. The summed E-state index contributed by atoms with van der Waals surface area (Å²) < 4.78 is 10.5. The zero-order valence-electron chi connectivity index (χ0n) is 16.9. The second-order valence-electron chi connectivity index (χ2n) is 7.53. The Balaban J connectivity index is 1.71. The van der Waals surface area contributed by atoms with Gasteiger partial charge in [-0.05, 0) is 42.4 Å². The van der Waals surface area contributed by atoms with Crippen LogP contribution in [-0.2, 0) is 16.0 Å². The molecule has 1 aliphatic rings. The molecule has 1 saturated heterocycles. The molecular weight excluding hydrogens is 344 g/mol. The summed E-state index contributed by atoms with van der Waals surface area (Å²) >= 11 is 0. The molecule has 0 radical (unpaired) electrons. The van der Waals surface area contributed by atoms with Crippen molar-refractivity contribution in [3.63, 3.8) is 0 Å². The van der Waals surface area contributed by atoms with Crippen LogP contribution in [-0.4, -0.2) is 50.6 Å². The van der Waals surface area contributed by atoms with Gasteiger partial charge in [-0.3, -0.25) is 9.59 Å². The molecule has 2 amide bonds. The minimum Gasteiger partial charge on any atom is -0.493 e. The SMILES string of the molecule is COc1ccc(CCNC(=O)CCC(=O)N2C[C@H](C)C[C@@H](C)C2)cc1OC. The molecule has 150 valence electrons. The van der Waals surface area contributed by atoms with Crippen LogP contribution in [0.5, 0.6) is 11.5 Å². The summed E-state index contributed by atoms with van der Waals surface area (Å²) in [5, 5.41) is 2.89. The Labute approximate surface area is 162 Å². The van der Waals surface area contributed by atoms with Crippen LogP contribution < -0.4 is 14.8 Å². The molecule has 2 rings (SSSR count). The summed E-state index contributed by atoms with van der Waals surface area (Å²) in [6, 6.07) is 5.72. The van der Waals surface area contributed by atoms with E-state index < -0.39 is 0 Å². The standard InChI is InChI=1S/C21H32N2O4/c1-15-11-16(2)14-23(13-15)21(25)8-7-20(24)22-10-9-17-5-6-18(26-3)19(12-17)27-4/h5-6,12,15-16H,7-11,13-14H2,1-4H3,(H,22,24)/t15-,16-/m1/s1. The highest BCUT2D eigenvalue weighted by molar-refractivity contribution is 5.83. The van der Waals surface area contributed by atoms with Gasteiger partial charge < -0.3 is 19.7 Å². The van der Waals surface area contributed by atoms with Gasteiger partial charge in [0.15, 0.2) is 11.5 Å². The van der Waals surface area contributed by atoms with Gasteiger partial charge in [0, 0.05) is 32.5 Å². The highest BCUT2D eigenvalue weighted by atomic mass is 16.5. The van der Waals surface area contributed by atoms with Crippen molar-refractivity contribution < 1.29 is 19.1 Å². The molecule has 27 heavy (non-hydrogen) atoms. The third kappa shape index (κ3) is 6.45. The van der Waals surface area contributed by atoms with Crippen molar-refractivity contribution in [2.24, 2.45) is 11.8 Å². The first-order valence-corrected chi connectivity index (χ1v) is 9.68. The Morgan fingerprint density at radius 3 is 2.37 bits per heavy atom. The van der Waals surface area contributed by atoms with Crippen molar-refractivity contribution >= 4 is 11.8 Å². The van der Waals surface area contributed by atoms with E-state index in [0.29, 0.717) is 36.3 Å². The predicted molar refractivity (Wildman–Crippen MR) is 105 cm³/mol. The molecule has 0 aliphatic carbocycles. The molecule has 1 heterocycles. The lowest BCUT2D eigenvalue weighted by molar-refractivity contribution is -0.135. The van der Waals surface area contributed by atoms with Gasteiger partial charge in [0.1, 0.15) is 0 Å². The molecule has 2 atom stereocenters. The van der Waals surface area contributed by atoms with Crippen molar-refractivity contribution in [2.45, 2.75) is 39.5 Å². The zero-order chi connectivity index (χ0) is 19.8. The number of carbonyl (C=O) groups is 2. The summed E-state index contributed by atoms with van der Waals surface area (Å²) in [6.07, 6.45) is 2.38. The Morgan fingerprint density at radius 1 is 1.07 bits per heavy atom. The highest BCUT2D eigenvalue weighted by Gasteiger charge is 2.25. The zero-order valence-corrected chi connectivity index (χ0v) is 16.9. The maximum absolute atomic E-state index is 12.3. The molecule has 1 fully saturated rings. The number of likely N-dealkylation sites (tertiary alicyclic amines) is 1. The summed E-state index contributed by atoms with van der Waals surface area (Å²) in [5.41, 5.74) is 1.06. The molecule has 1 aromatic carbocycles. The molecule has 6 nitrogen and oxygen atoms in total. The van der Waals surface area contributed by atoms with Gasteiger partial charge in [0.25, 0.3) is 0 Å². The summed E-state index contributed by atoms with van der Waals surface area (Å²) in [6.45, 7) is 6.50. The minimum absolute atomic E-state index is 0.0815. The number of amides is 2. The summed E-state index contributed by atoms with van der Waals surface area (Å²) in [4.78, 5) is 26.3. The van der Waals surface area contributed by atoms with Gasteiger partial charge >= 0.3 is 0 Å². The van der Waals surface area contributed by atoms with E-state index in [1.807, 2.05) is 23.1 Å². The van der Waals surface area contributed by atoms with E-state index in [2.05, 4.69) is 19.2 Å². The number of nitrogens with one attached hydrogen (secondary N) is 1. The van der Waals surface area contributed by atoms with Crippen LogP contribution >= 0.6 is 0 Å². The fourth-order valence-corrected chi connectivity index (χ4v) is 3.72. The molecule has 0 bridgehead atoms. The fourth-order valence-electron chi connectivity index (χ4n) is 3.72. The number of hydrogen-bond acceptors (Lipinski definition) is 4. The lowest BCUT2D eigenvalue weighted by Crippen LogP contribution is -2.42. The first-order chi connectivity index (χ1) is 12.9. The second kappa shape index (κ2) is 10.2. The molecular formula is C21H32N2O4. The van der Waals surface area contributed by atoms with Crippen molar-refractivity contribution in [1.82, 2.24) is 10.2 Å². The molecule has 1 aromatic rings. The van der Waals surface area contributed by atoms with Gasteiger partial charge in [-0.1, -0.05) is 19.9 Å². The van der Waals surface area contributed by atoms with Gasteiger partial charge in [-0.2, -0.15) is 0 Å². The first-order valence-electron chi connectivity index (χ1n) is 9.68. The lowest BCUT2D eigenvalue weighted by Gasteiger charge is -2.35. The predicted octanol–water partition coefficient (Wildman–Crippen LogP) is 2.65. The van der Waals surface area contributed by atoms with Crippen LogP contribution in [0.25, 0.3) is 0 Å². The molecule has 0 spiro atoms. The number of carbonyl (C=O) groups excluding carboxylic acids is 2. The van der Waals surface area contributed by atoms with Gasteiger partial charge in [0.05, 0.1) is 14.2 Å². The fraction of sp³-hybridized carbons (Fsp3) is 0.619. The van der Waals surface area contributed by atoms with Crippen LogP contribution in [0.3, 0.4) is 0 Å². The Morgan fingerprint density at radius 2 is 1.74 bits per heavy atom. The van der Waals surface area contributed by atoms with Gasteiger partial charge in [0.2, 0.25) is 11.8 Å². The molecule has 1 aliphatic heterocycles. The van der Waals surface area contributed by atoms with Gasteiger partial charge in [-0.15, -0.1) is 0 Å². The van der Waals surface area contributed by atoms with Crippen molar-refractivity contribution in [2.75, 3.05) is 33.9 Å². The number of rotatable bonds is 8. The van der Waals surface area contributed by atoms with E-state index in [1.165, 1.54) is 6.42 Å². The third-order valence-electron chi connectivity index (χ3n) is 4.97. The van der Waals surface area contributed by atoms with Crippen molar-refractivity contribution in [3.05, 3.63) is 23.8 Å². The number of nitrogens with zero attached hydrogens (tertiary/aromatic N) is 1. The third-order valence-corrected chi connectivity index (χ3v) is 4.97. The van der Waals surface area contributed by atoms with Gasteiger partial charge in [-0.25, -0.2) is 0 Å². The van der Waals surface area contributed by atoms with Crippen molar-refractivity contribution in [1.29, 1.82) is 0 Å². The van der Waals surface area contributed by atoms with E-state index in [4.69, 9.17) is 9.47 Å². The molecule has 0 unspecified atom stereocenters. The second-order valence-corrected chi connectivity index (χ2v) is 7.53. The Kier molecular flexibility index (Phi) is 7.95. The monoisotopic (exact) mass is 376 g/mol. The van der Waals surface area contributed by atoms with Crippen LogP contribution in [0, 0.1) is 11.8 Å². The quantitative estimate of drug-likeness (QED) is 0.757. The van der Waals surface area contributed by atoms with Crippen LogP contribution in [0.4, 0.5) is 0 Å². The lowest BCUT2D eigenvalue weighted by atomic mass is 9.91. The number of hydrogen-bond donors (Lipinski definition) is 1. The molecule has 6 heteroatoms. The Hall–Kier alpha value is -2.24. The van der Waals surface area contributed by atoms with E-state index in [0.717, 1.165) is 18.7 Å². The number of benzene rings is 1. The van der Waals surface area contributed by atoms with E-state index in [1.54, 1.807) is 14.2 Å². The number of piperidine rings is 1. The largest absolute Gasteiger partial charge is 0.493 e.